The van der Waals surface area contributed by atoms with Crippen molar-refractivity contribution < 1.29 is 4.79 Å². The number of amides is 1. The van der Waals surface area contributed by atoms with Crippen molar-refractivity contribution in [2.45, 2.75) is 32.1 Å². The maximum absolute atomic E-state index is 12.4. The van der Waals surface area contributed by atoms with Gasteiger partial charge in [-0.1, -0.05) is 34.1 Å². The number of nitrogens with one attached hydrogen (secondary N) is 3. The number of benzene rings is 2. The first kappa shape index (κ1) is 17.3. The third kappa shape index (κ3) is 3.28. The molecule has 0 aliphatic carbocycles. The summed E-state index contributed by atoms with van der Waals surface area (Å²) < 4.78 is 3.29. The topological polar surface area (TPSA) is 58.1 Å². The van der Waals surface area contributed by atoms with Crippen LogP contribution in [0.1, 0.15) is 35.4 Å². The van der Waals surface area contributed by atoms with E-state index in [-0.39, 0.29) is 18.1 Å². The molecule has 134 valence electrons. The molecule has 3 aromatic rings. The summed E-state index contributed by atoms with van der Waals surface area (Å²) in [4.78, 5) is 12.4. The van der Waals surface area contributed by atoms with Crippen molar-refractivity contribution in [1.29, 1.82) is 0 Å². The molecule has 3 N–H and O–H groups in total. The van der Waals surface area contributed by atoms with Gasteiger partial charge in [0.1, 0.15) is 0 Å². The minimum Gasteiger partial charge on any atom is -0.343 e. The van der Waals surface area contributed by atoms with E-state index in [1.165, 1.54) is 16.6 Å². The Morgan fingerprint density at radius 2 is 1.96 bits per heavy atom. The Balaban J connectivity index is 1.48. The number of nitrogens with zero attached hydrogens (tertiary/aromatic N) is 1. The fourth-order valence-electron chi connectivity index (χ4n) is 3.56. The maximum Gasteiger partial charge on any atom is 0.252 e. The lowest BCUT2D eigenvalue weighted by atomic mass is 10.1. The first-order chi connectivity index (χ1) is 12.7. The zero-order chi connectivity index (χ0) is 18.1. The summed E-state index contributed by atoms with van der Waals surface area (Å²) >= 11 is 3.39. The van der Waals surface area contributed by atoms with Gasteiger partial charge in [-0.15, -0.1) is 0 Å². The van der Waals surface area contributed by atoms with E-state index in [1.54, 1.807) is 0 Å². The summed E-state index contributed by atoms with van der Waals surface area (Å²) in [6.45, 7) is 3.07. The van der Waals surface area contributed by atoms with Gasteiger partial charge in [0.05, 0.1) is 12.2 Å². The van der Waals surface area contributed by atoms with Gasteiger partial charge in [0, 0.05) is 34.2 Å². The van der Waals surface area contributed by atoms with E-state index in [4.69, 9.17) is 0 Å². The largest absolute Gasteiger partial charge is 0.343 e. The molecule has 4 rings (SSSR count). The van der Waals surface area contributed by atoms with Gasteiger partial charge in [0.2, 0.25) is 0 Å². The van der Waals surface area contributed by atoms with Crippen molar-refractivity contribution in [3.05, 3.63) is 70.3 Å². The Hall–Kier alpha value is -2.15. The van der Waals surface area contributed by atoms with Gasteiger partial charge < -0.3 is 9.88 Å². The SMILES string of the molecule is CCn1c(C2CC(NC(=O)c3ccc(Br)cc3)NN2)cc2ccccc21. The van der Waals surface area contributed by atoms with Gasteiger partial charge in [0.25, 0.3) is 5.91 Å². The summed E-state index contributed by atoms with van der Waals surface area (Å²) in [5.74, 6) is -0.0755. The van der Waals surface area contributed by atoms with Crippen molar-refractivity contribution >= 4 is 32.7 Å². The van der Waals surface area contributed by atoms with E-state index in [2.05, 4.69) is 73.9 Å². The fourth-order valence-corrected chi connectivity index (χ4v) is 3.82. The van der Waals surface area contributed by atoms with Crippen molar-refractivity contribution in [2.75, 3.05) is 0 Å². The van der Waals surface area contributed by atoms with Gasteiger partial charge in [0.15, 0.2) is 0 Å². The number of halogens is 1. The lowest BCUT2D eigenvalue weighted by Gasteiger charge is -2.14. The molecule has 0 saturated carbocycles. The second-order valence-electron chi connectivity index (χ2n) is 6.48. The Labute approximate surface area is 160 Å². The minimum absolute atomic E-state index is 0.0755. The highest BCUT2D eigenvalue weighted by atomic mass is 79.9. The fraction of sp³-hybridized carbons (Fsp3) is 0.250. The third-order valence-corrected chi connectivity index (χ3v) is 5.36. The van der Waals surface area contributed by atoms with Crippen LogP contribution in [0.3, 0.4) is 0 Å². The molecule has 1 aliphatic heterocycles. The van der Waals surface area contributed by atoms with Crippen LogP contribution in [0.2, 0.25) is 0 Å². The predicted octanol–water partition coefficient (Wildman–Crippen LogP) is 3.72. The number of hydrogen-bond donors (Lipinski definition) is 3. The number of carbonyl (C=O) groups is 1. The monoisotopic (exact) mass is 412 g/mol. The van der Waals surface area contributed by atoms with Crippen molar-refractivity contribution in [1.82, 2.24) is 20.7 Å². The van der Waals surface area contributed by atoms with E-state index in [1.807, 2.05) is 24.3 Å². The number of aryl methyl sites for hydroxylation is 1. The highest BCUT2D eigenvalue weighted by Crippen LogP contribution is 2.28. The number of para-hydroxylation sites is 1. The molecule has 2 unspecified atom stereocenters. The number of rotatable bonds is 4. The van der Waals surface area contributed by atoms with E-state index in [0.29, 0.717) is 5.56 Å². The molecule has 6 heteroatoms. The molecule has 1 amide bonds. The van der Waals surface area contributed by atoms with Gasteiger partial charge in [-0.25, -0.2) is 10.9 Å². The number of aromatic nitrogens is 1. The molecule has 1 fully saturated rings. The van der Waals surface area contributed by atoms with Gasteiger partial charge in [-0.2, -0.15) is 0 Å². The van der Waals surface area contributed by atoms with Crippen LogP contribution in [0, 0.1) is 0 Å². The molecule has 2 heterocycles. The van der Waals surface area contributed by atoms with E-state index >= 15 is 0 Å². The van der Waals surface area contributed by atoms with Crippen LogP contribution in [0.15, 0.2) is 59.1 Å². The first-order valence-electron chi connectivity index (χ1n) is 8.81. The molecule has 1 aliphatic rings. The normalized spacial score (nSPS) is 19.8. The molecule has 0 spiro atoms. The average Bonchev–Trinajstić information content (AvgIpc) is 3.26. The second kappa shape index (κ2) is 7.23. The Morgan fingerprint density at radius 1 is 1.19 bits per heavy atom. The van der Waals surface area contributed by atoms with Crippen LogP contribution in [0.25, 0.3) is 10.9 Å². The van der Waals surface area contributed by atoms with E-state index in [0.717, 1.165) is 17.4 Å². The summed E-state index contributed by atoms with van der Waals surface area (Å²) in [6.07, 6.45) is 0.679. The molecule has 1 aromatic heterocycles. The molecular formula is C20H21BrN4O. The first-order valence-corrected chi connectivity index (χ1v) is 9.60. The third-order valence-electron chi connectivity index (χ3n) is 4.83. The van der Waals surface area contributed by atoms with E-state index in [9.17, 15) is 4.79 Å². The zero-order valence-electron chi connectivity index (χ0n) is 14.5. The molecule has 2 atom stereocenters. The van der Waals surface area contributed by atoms with Crippen LogP contribution in [-0.2, 0) is 6.54 Å². The van der Waals surface area contributed by atoms with Crippen LogP contribution in [0.5, 0.6) is 0 Å². The Bertz CT molecular complexity index is 935. The molecule has 2 aromatic carbocycles. The lowest BCUT2D eigenvalue weighted by Crippen LogP contribution is -2.44. The van der Waals surface area contributed by atoms with E-state index < -0.39 is 0 Å². The quantitative estimate of drug-likeness (QED) is 0.611. The molecule has 0 bridgehead atoms. The lowest BCUT2D eigenvalue weighted by molar-refractivity contribution is 0.0932. The molecule has 5 nitrogen and oxygen atoms in total. The highest BCUT2D eigenvalue weighted by molar-refractivity contribution is 9.10. The average molecular weight is 413 g/mol. The number of fused-ring (bicyclic) bond motifs is 1. The van der Waals surface area contributed by atoms with Crippen molar-refractivity contribution in [3.63, 3.8) is 0 Å². The van der Waals surface area contributed by atoms with Crippen molar-refractivity contribution in [2.24, 2.45) is 0 Å². The van der Waals surface area contributed by atoms with Crippen LogP contribution >= 0.6 is 15.9 Å². The second-order valence-corrected chi connectivity index (χ2v) is 7.40. The standard InChI is InChI=1S/C20H21BrN4O/c1-2-25-17-6-4-3-5-14(17)11-18(25)16-12-19(24-23-16)22-20(26)13-7-9-15(21)10-8-13/h3-11,16,19,23-24H,2,12H2,1H3,(H,22,26). The molecule has 1 saturated heterocycles. The summed E-state index contributed by atoms with van der Waals surface area (Å²) in [6, 6.07) is 18.2. The Kier molecular flexibility index (Phi) is 4.80. The molecule has 26 heavy (non-hydrogen) atoms. The summed E-state index contributed by atoms with van der Waals surface area (Å²) in [5, 5.41) is 4.29. The van der Waals surface area contributed by atoms with Crippen molar-refractivity contribution in [3.8, 4) is 0 Å². The van der Waals surface area contributed by atoms with Gasteiger partial charge >= 0.3 is 0 Å². The number of carbonyl (C=O) groups excluding carboxylic acids is 1. The Morgan fingerprint density at radius 3 is 2.73 bits per heavy atom. The molecule has 0 radical (unpaired) electrons. The smallest absolute Gasteiger partial charge is 0.252 e. The van der Waals surface area contributed by atoms with Crippen LogP contribution < -0.4 is 16.2 Å². The van der Waals surface area contributed by atoms with Gasteiger partial charge in [-0.05, 0) is 48.7 Å². The highest BCUT2D eigenvalue weighted by Gasteiger charge is 2.28. The minimum atomic E-state index is -0.112. The van der Waals surface area contributed by atoms with Gasteiger partial charge in [-0.3, -0.25) is 4.79 Å². The number of hydrazine groups is 1. The number of hydrogen-bond acceptors (Lipinski definition) is 3. The zero-order valence-corrected chi connectivity index (χ0v) is 16.1. The predicted molar refractivity (Wildman–Crippen MR) is 107 cm³/mol. The molecular weight excluding hydrogens is 392 g/mol. The summed E-state index contributed by atoms with van der Waals surface area (Å²) in [7, 11) is 0. The van der Waals surface area contributed by atoms with Crippen LogP contribution in [0.4, 0.5) is 0 Å². The maximum atomic E-state index is 12.4. The summed E-state index contributed by atoms with van der Waals surface area (Å²) in [5.41, 5.74) is 9.68. The van der Waals surface area contributed by atoms with Crippen LogP contribution in [-0.4, -0.2) is 16.6 Å².